The Kier molecular flexibility index (Phi) is 3.16. The molecule has 4 nitrogen and oxygen atoms in total. The fraction of sp³-hybridized carbons (Fsp3) is 0.750. The number of alkyl halides is 3. The molecule has 2 aliphatic rings. The average Bonchev–Trinajstić information content (AvgIpc) is 2.82. The van der Waals surface area contributed by atoms with Crippen molar-refractivity contribution in [2.45, 2.75) is 37.4 Å². The maximum absolute atomic E-state index is 13.0. The van der Waals surface area contributed by atoms with Crippen molar-refractivity contribution in [1.82, 2.24) is 15.1 Å². The Balaban J connectivity index is 1.88. The molecule has 1 atom stereocenters. The quantitative estimate of drug-likeness (QED) is 0.825. The van der Waals surface area contributed by atoms with Gasteiger partial charge in [-0.15, -0.1) is 0 Å². The zero-order valence-electron chi connectivity index (χ0n) is 10.5. The van der Waals surface area contributed by atoms with Gasteiger partial charge in [0.15, 0.2) is 6.04 Å². The van der Waals surface area contributed by atoms with Crippen LogP contribution in [-0.2, 0) is 0 Å². The van der Waals surface area contributed by atoms with Crippen LogP contribution in [0.1, 0.15) is 36.9 Å². The maximum Gasteiger partial charge on any atom is 0.410 e. The molecule has 7 heteroatoms. The third-order valence-corrected chi connectivity index (χ3v) is 3.91. The zero-order valence-corrected chi connectivity index (χ0v) is 10.5. The summed E-state index contributed by atoms with van der Waals surface area (Å²) < 4.78 is 40.0. The Morgan fingerprint density at radius 3 is 2.58 bits per heavy atom. The number of fused-ring (bicyclic) bond motifs is 1. The van der Waals surface area contributed by atoms with Gasteiger partial charge in [0.2, 0.25) is 0 Å². The number of nitrogens with one attached hydrogen (secondary N) is 2. The van der Waals surface area contributed by atoms with Gasteiger partial charge in [0.25, 0.3) is 0 Å². The van der Waals surface area contributed by atoms with E-state index in [0.29, 0.717) is 12.4 Å². The van der Waals surface area contributed by atoms with E-state index in [2.05, 4.69) is 15.7 Å². The largest absolute Gasteiger partial charge is 0.410 e. The fourth-order valence-electron chi connectivity index (χ4n) is 2.86. The van der Waals surface area contributed by atoms with Crippen molar-refractivity contribution < 1.29 is 13.2 Å². The van der Waals surface area contributed by atoms with Crippen LogP contribution < -0.4 is 10.6 Å². The summed E-state index contributed by atoms with van der Waals surface area (Å²) in [6.45, 7) is 2.16. The van der Waals surface area contributed by atoms with Crippen LogP contribution in [0.15, 0.2) is 6.07 Å². The summed E-state index contributed by atoms with van der Waals surface area (Å²) in [6, 6.07) is 0.299. The second kappa shape index (κ2) is 4.70. The molecule has 3 rings (SSSR count). The molecule has 1 fully saturated rings. The van der Waals surface area contributed by atoms with E-state index in [0.717, 1.165) is 36.3 Å². The van der Waals surface area contributed by atoms with E-state index in [-0.39, 0.29) is 12.3 Å². The molecular weight excluding hydrogens is 257 g/mol. The van der Waals surface area contributed by atoms with Crippen molar-refractivity contribution in [3.8, 4) is 0 Å². The minimum Gasteiger partial charge on any atom is -0.370 e. The van der Waals surface area contributed by atoms with Gasteiger partial charge in [-0.1, -0.05) is 0 Å². The molecule has 0 aliphatic carbocycles. The Morgan fingerprint density at radius 1 is 1.16 bits per heavy atom. The summed E-state index contributed by atoms with van der Waals surface area (Å²) in [7, 11) is 0. The van der Waals surface area contributed by atoms with Crippen LogP contribution in [0, 0.1) is 0 Å². The number of rotatable bonds is 1. The zero-order chi connectivity index (χ0) is 13.5. The van der Waals surface area contributed by atoms with E-state index >= 15 is 0 Å². The van der Waals surface area contributed by atoms with Gasteiger partial charge in [-0.05, 0) is 32.4 Å². The van der Waals surface area contributed by atoms with Gasteiger partial charge < -0.3 is 10.6 Å². The number of anilines is 1. The van der Waals surface area contributed by atoms with Crippen molar-refractivity contribution in [1.29, 1.82) is 0 Å². The SMILES string of the molecule is FC(F)(F)C1CCNc2cc(C3CCNCC3)nn21. The first-order valence-corrected chi connectivity index (χ1v) is 6.66. The van der Waals surface area contributed by atoms with E-state index < -0.39 is 12.2 Å². The van der Waals surface area contributed by atoms with Crippen molar-refractivity contribution >= 4 is 5.82 Å². The molecule has 2 aliphatic heterocycles. The molecule has 1 unspecified atom stereocenters. The molecule has 1 aromatic heterocycles. The fourth-order valence-corrected chi connectivity index (χ4v) is 2.86. The molecule has 1 aromatic rings. The van der Waals surface area contributed by atoms with Crippen LogP contribution >= 0.6 is 0 Å². The molecule has 106 valence electrons. The van der Waals surface area contributed by atoms with Crippen molar-refractivity contribution in [3.63, 3.8) is 0 Å². The topological polar surface area (TPSA) is 41.9 Å². The number of aromatic nitrogens is 2. The minimum absolute atomic E-state index is 0.0455. The Morgan fingerprint density at radius 2 is 1.89 bits per heavy atom. The first-order chi connectivity index (χ1) is 9.05. The molecule has 3 heterocycles. The van der Waals surface area contributed by atoms with Gasteiger partial charge in [0.1, 0.15) is 5.82 Å². The second-order valence-corrected chi connectivity index (χ2v) is 5.20. The average molecular weight is 274 g/mol. The van der Waals surface area contributed by atoms with E-state index in [1.165, 1.54) is 0 Å². The van der Waals surface area contributed by atoms with E-state index in [1.807, 2.05) is 0 Å². The van der Waals surface area contributed by atoms with Crippen molar-refractivity contribution in [3.05, 3.63) is 11.8 Å². The van der Waals surface area contributed by atoms with Crippen molar-refractivity contribution in [2.24, 2.45) is 0 Å². The highest BCUT2D eigenvalue weighted by Crippen LogP contribution is 2.38. The number of halogens is 3. The highest BCUT2D eigenvalue weighted by molar-refractivity contribution is 5.40. The monoisotopic (exact) mass is 274 g/mol. The third kappa shape index (κ3) is 2.43. The molecule has 0 spiro atoms. The molecule has 1 saturated heterocycles. The van der Waals surface area contributed by atoms with Crippen molar-refractivity contribution in [2.75, 3.05) is 25.0 Å². The normalized spacial score (nSPS) is 24.9. The van der Waals surface area contributed by atoms with Crippen LogP contribution in [0.2, 0.25) is 0 Å². The lowest BCUT2D eigenvalue weighted by atomic mass is 9.95. The molecule has 0 radical (unpaired) electrons. The van der Waals surface area contributed by atoms with Crippen LogP contribution in [0.3, 0.4) is 0 Å². The Hall–Kier alpha value is -1.24. The van der Waals surface area contributed by atoms with Gasteiger partial charge in [0.05, 0.1) is 5.69 Å². The number of piperidine rings is 1. The lowest BCUT2D eigenvalue weighted by Crippen LogP contribution is -2.34. The Labute approximate surface area is 109 Å². The highest BCUT2D eigenvalue weighted by atomic mass is 19.4. The van der Waals surface area contributed by atoms with Crippen LogP contribution in [0.25, 0.3) is 0 Å². The number of hydrogen-bond acceptors (Lipinski definition) is 3. The van der Waals surface area contributed by atoms with Crippen LogP contribution in [0.5, 0.6) is 0 Å². The number of hydrogen-bond donors (Lipinski definition) is 2. The van der Waals surface area contributed by atoms with Crippen LogP contribution in [0.4, 0.5) is 19.0 Å². The first-order valence-electron chi connectivity index (χ1n) is 6.66. The highest BCUT2D eigenvalue weighted by Gasteiger charge is 2.44. The summed E-state index contributed by atoms with van der Waals surface area (Å²) in [5.74, 6) is 0.775. The maximum atomic E-state index is 13.0. The third-order valence-electron chi connectivity index (χ3n) is 3.91. The number of nitrogens with zero attached hydrogens (tertiary/aromatic N) is 2. The smallest absolute Gasteiger partial charge is 0.370 e. The van der Waals surface area contributed by atoms with E-state index in [1.54, 1.807) is 6.07 Å². The van der Waals surface area contributed by atoms with Crippen LogP contribution in [-0.4, -0.2) is 35.6 Å². The minimum atomic E-state index is -4.23. The summed E-state index contributed by atoms with van der Waals surface area (Å²) in [5, 5.41) is 10.5. The summed E-state index contributed by atoms with van der Waals surface area (Å²) in [6.07, 6.45) is -2.31. The van der Waals surface area contributed by atoms with E-state index in [9.17, 15) is 13.2 Å². The second-order valence-electron chi connectivity index (χ2n) is 5.20. The standard InChI is InChI=1S/C12H17F3N4/c13-12(14,15)10-3-6-17-11-7-9(18-19(10)11)8-1-4-16-5-2-8/h7-8,10,16-17H,1-6H2. The van der Waals surface area contributed by atoms with Gasteiger partial charge in [-0.25, -0.2) is 4.68 Å². The molecular formula is C12H17F3N4. The predicted octanol–water partition coefficient (Wildman–Crippen LogP) is 2.27. The van der Waals surface area contributed by atoms with E-state index in [4.69, 9.17) is 0 Å². The van der Waals surface area contributed by atoms with Gasteiger partial charge in [-0.2, -0.15) is 18.3 Å². The molecule has 0 amide bonds. The molecule has 19 heavy (non-hydrogen) atoms. The summed E-state index contributed by atoms with van der Waals surface area (Å²) in [5.41, 5.74) is 0.792. The van der Waals surface area contributed by atoms with Gasteiger partial charge in [-0.3, -0.25) is 0 Å². The van der Waals surface area contributed by atoms with Gasteiger partial charge in [0, 0.05) is 18.5 Å². The lowest BCUT2D eigenvalue weighted by molar-refractivity contribution is -0.171. The Bertz CT molecular complexity index is 448. The van der Waals surface area contributed by atoms with Gasteiger partial charge >= 0.3 is 6.18 Å². The molecule has 0 aromatic carbocycles. The molecule has 0 saturated carbocycles. The molecule has 0 bridgehead atoms. The lowest BCUT2D eigenvalue weighted by Gasteiger charge is -2.27. The predicted molar refractivity (Wildman–Crippen MR) is 65.3 cm³/mol. The first kappa shape index (κ1) is 12.8. The summed E-state index contributed by atoms with van der Waals surface area (Å²) in [4.78, 5) is 0. The summed E-state index contributed by atoms with van der Waals surface area (Å²) >= 11 is 0. The molecule has 2 N–H and O–H groups in total.